The second kappa shape index (κ2) is 4.62. The number of hydrogen-bond acceptors (Lipinski definition) is 2. The van der Waals surface area contributed by atoms with Crippen LogP contribution in [0, 0.1) is 0 Å². The van der Waals surface area contributed by atoms with E-state index in [1.807, 2.05) is 24.3 Å². The first-order chi connectivity index (χ1) is 9.69. The Morgan fingerprint density at radius 3 is 2.10 bits per heavy atom. The van der Waals surface area contributed by atoms with Crippen LogP contribution in [0.1, 0.15) is 11.1 Å². The van der Waals surface area contributed by atoms with Crippen molar-refractivity contribution in [3.63, 3.8) is 0 Å². The fourth-order valence-corrected chi connectivity index (χ4v) is 5.13. The first kappa shape index (κ1) is 14.7. The predicted molar refractivity (Wildman–Crippen MR) is 78.0 cm³/mol. The topological polar surface area (TPSA) is 115 Å². The lowest BCUT2D eigenvalue weighted by atomic mass is 10.1. The molecule has 6 nitrogen and oxygen atoms in total. The van der Waals surface area contributed by atoms with E-state index in [9.17, 15) is 28.7 Å². The molecule has 3 rings (SSSR count). The maximum absolute atomic E-state index is 11.8. The lowest BCUT2D eigenvalue weighted by Crippen LogP contribution is -2.28. The van der Waals surface area contributed by atoms with Gasteiger partial charge >= 0.3 is 15.2 Å². The minimum absolute atomic E-state index is 0.250. The van der Waals surface area contributed by atoms with E-state index in [-0.39, 0.29) is 6.42 Å². The molecule has 4 N–H and O–H groups in total. The first-order valence-electron chi connectivity index (χ1n) is 6.06. The summed E-state index contributed by atoms with van der Waals surface area (Å²) in [5.41, 5.74) is 2.62. The van der Waals surface area contributed by atoms with E-state index in [2.05, 4.69) is 0 Å². The standard InChI is InChI=1S/C13H12O6P2/c14-20(15,16)12-6-5-10-9-4-2-1-3-8(9)7-11(10)13(12)21(17,18)19/h1-6H,7H2,(H2,14,15,16)(H2,17,18,19). The fraction of sp³-hybridized carbons (Fsp3) is 0.0769. The number of benzene rings is 2. The normalized spacial score (nSPS) is 13.9. The lowest BCUT2D eigenvalue weighted by molar-refractivity contribution is 0.381. The van der Waals surface area contributed by atoms with Gasteiger partial charge in [0, 0.05) is 0 Å². The van der Waals surface area contributed by atoms with Crippen LogP contribution in [0.4, 0.5) is 0 Å². The molecular formula is C13H12O6P2. The highest BCUT2D eigenvalue weighted by atomic mass is 31.2. The molecule has 2 aromatic carbocycles. The summed E-state index contributed by atoms with van der Waals surface area (Å²) < 4.78 is 23.3. The van der Waals surface area contributed by atoms with Gasteiger partial charge in [-0.1, -0.05) is 30.3 Å². The van der Waals surface area contributed by atoms with Gasteiger partial charge in [-0.3, -0.25) is 9.13 Å². The molecule has 1 aliphatic carbocycles. The third kappa shape index (κ3) is 2.40. The van der Waals surface area contributed by atoms with Crippen molar-refractivity contribution in [1.29, 1.82) is 0 Å². The van der Waals surface area contributed by atoms with Gasteiger partial charge in [0.05, 0.1) is 10.6 Å². The van der Waals surface area contributed by atoms with E-state index in [0.29, 0.717) is 11.1 Å². The highest BCUT2D eigenvalue weighted by Gasteiger charge is 2.36. The molecule has 0 radical (unpaired) electrons. The molecule has 0 spiro atoms. The molecule has 0 fully saturated rings. The van der Waals surface area contributed by atoms with Gasteiger partial charge in [0.15, 0.2) is 0 Å². The Morgan fingerprint density at radius 1 is 0.810 bits per heavy atom. The lowest BCUT2D eigenvalue weighted by Gasteiger charge is -2.16. The molecule has 2 aromatic rings. The second-order valence-corrected chi connectivity index (χ2v) is 7.99. The summed E-state index contributed by atoms with van der Waals surface area (Å²) in [6.45, 7) is 0. The van der Waals surface area contributed by atoms with Crippen LogP contribution in [-0.2, 0) is 15.6 Å². The van der Waals surface area contributed by atoms with Gasteiger partial charge in [-0.25, -0.2) is 0 Å². The average molecular weight is 326 g/mol. The van der Waals surface area contributed by atoms with Crippen molar-refractivity contribution < 1.29 is 28.7 Å². The smallest absolute Gasteiger partial charge is 0.321 e. The SMILES string of the molecule is O=P(O)(O)c1ccc2c(c1P(=O)(O)O)Cc1ccccc1-2. The van der Waals surface area contributed by atoms with Crippen molar-refractivity contribution in [3.8, 4) is 11.1 Å². The third-order valence-electron chi connectivity index (χ3n) is 3.54. The van der Waals surface area contributed by atoms with Gasteiger partial charge in [0.25, 0.3) is 0 Å². The molecule has 0 saturated carbocycles. The maximum atomic E-state index is 11.8. The van der Waals surface area contributed by atoms with E-state index in [4.69, 9.17) is 0 Å². The zero-order chi connectivity index (χ0) is 15.4. The summed E-state index contributed by atoms with van der Waals surface area (Å²) >= 11 is 0. The van der Waals surface area contributed by atoms with Crippen molar-refractivity contribution in [1.82, 2.24) is 0 Å². The van der Waals surface area contributed by atoms with Crippen LogP contribution in [0.2, 0.25) is 0 Å². The molecule has 0 unspecified atom stereocenters. The van der Waals surface area contributed by atoms with Crippen LogP contribution < -0.4 is 10.6 Å². The predicted octanol–water partition coefficient (Wildman–Crippen LogP) is 0.864. The second-order valence-electron chi connectivity index (χ2n) is 4.88. The van der Waals surface area contributed by atoms with E-state index in [1.165, 1.54) is 6.07 Å². The maximum Gasteiger partial charge on any atom is 0.357 e. The minimum atomic E-state index is -4.81. The molecule has 0 amide bonds. The van der Waals surface area contributed by atoms with E-state index >= 15 is 0 Å². The molecule has 0 saturated heterocycles. The molecule has 0 heterocycles. The van der Waals surface area contributed by atoms with Gasteiger partial charge < -0.3 is 19.6 Å². The summed E-state index contributed by atoms with van der Waals surface area (Å²) in [5.74, 6) is 0. The summed E-state index contributed by atoms with van der Waals surface area (Å²) in [4.78, 5) is 37.8. The van der Waals surface area contributed by atoms with E-state index < -0.39 is 25.8 Å². The van der Waals surface area contributed by atoms with Crippen molar-refractivity contribution in [2.75, 3.05) is 0 Å². The molecule has 8 heteroatoms. The van der Waals surface area contributed by atoms with Gasteiger partial charge in [-0.2, -0.15) is 0 Å². The average Bonchev–Trinajstić information content (AvgIpc) is 2.73. The van der Waals surface area contributed by atoms with E-state index in [1.54, 1.807) is 0 Å². The van der Waals surface area contributed by atoms with Crippen molar-refractivity contribution >= 4 is 25.8 Å². The van der Waals surface area contributed by atoms with E-state index in [0.717, 1.165) is 17.2 Å². The van der Waals surface area contributed by atoms with Crippen LogP contribution in [-0.4, -0.2) is 19.6 Å². The van der Waals surface area contributed by atoms with Crippen molar-refractivity contribution in [2.45, 2.75) is 6.42 Å². The Bertz CT molecular complexity index is 833. The number of fused-ring (bicyclic) bond motifs is 3. The van der Waals surface area contributed by atoms with Crippen molar-refractivity contribution in [3.05, 3.63) is 47.5 Å². The largest absolute Gasteiger partial charge is 0.357 e. The summed E-state index contributed by atoms with van der Waals surface area (Å²) in [6.07, 6.45) is 0.250. The van der Waals surface area contributed by atoms with Crippen LogP contribution in [0.25, 0.3) is 11.1 Å². The summed E-state index contributed by atoms with van der Waals surface area (Å²) in [7, 11) is -9.59. The molecule has 110 valence electrons. The van der Waals surface area contributed by atoms with Crippen LogP contribution in [0.5, 0.6) is 0 Å². The van der Waals surface area contributed by atoms with Gasteiger partial charge in [0.1, 0.15) is 0 Å². The Hall–Kier alpha value is -1.26. The highest BCUT2D eigenvalue weighted by molar-refractivity contribution is 7.67. The minimum Gasteiger partial charge on any atom is -0.321 e. The van der Waals surface area contributed by atoms with Gasteiger partial charge in [-0.05, 0) is 34.7 Å². The molecular weight excluding hydrogens is 314 g/mol. The van der Waals surface area contributed by atoms with Gasteiger partial charge in [-0.15, -0.1) is 0 Å². The molecule has 0 atom stereocenters. The third-order valence-corrected chi connectivity index (χ3v) is 5.81. The number of hydrogen-bond donors (Lipinski definition) is 4. The first-order valence-corrected chi connectivity index (χ1v) is 9.28. The molecule has 21 heavy (non-hydrogen) atoms. The Balaban J connectivity index is 2.37. The zero-order valence-corrected chi connectivity index (χ0v) is 12.5. The summed E-state index contributed by atoms with van der Waals surface area (Å²) in [5, 5.41) is -1.13. The molecule has 0 aliphatic heterocycles. The Kier molecular flexibility index (Phi) is 3.22. The van der Waals surface area contributed by atoms with Crippen LogP contribution in [0.15, 0.2) is 36.4 Å². The van der Waals surface area contributed by atoms with Crippen LogP contribution in [0.3, 0.4) is 0 Å². The molecule has 1 aliphatic rings. The molecule has 0 bridgehead atoms. The summed E-state index contributed by atoms with van der Waals surface area (Å²) in [6, 6.07) is 9.89. The van der Waals surface area contributed by atoms with Crippen molar-refractivity contribution in [2.24, 2.45) is 0 Å². The number of rotatable bonds is 2. The zero-order valence-electron chi connectivity index (χ0n) is 10.7. The van der Waals surface area contributed by atoms with Gasteiger partial charge in [0.2, 0.25) is 0 Å². The highest BCUT2D eigenvalue weighted by Crippen LogP contribution is 2.46. The van der Waals surface area contributed by atoms with Crippen LogP contribution >= 0.6 is 15.2 Å². The Morgan fingerprint density at radius 2 is 1.48 bits per heavy atom. The fourth-order valence-electron chi connectivity index (χ4n) is 2.74. The molecule has 0 aromatic heterocycles. The Labute approximate surface area is 120 Å². The quantitative estimate of drug-likeness (QED) is 0.519. The monoisotopic (exact) mass is 326 g/mol.